The second-order valence-corrected chi connectivity index (χ2v) is 4.84. The first kappa shape index (κ1) is 13.7. The first-order valence-electron chi connectivity index (χ1n) is 6.70. The number of nitrogens with one attached hydrogen (secondary N) is 1. The van der Waals surface area contributed by atoms with E-state index in [-0.39, 0.29) is 0 Å². The molecular formula is C13H22N6. The van der Waals surface area contributed by atoms with Crippen molar-refractivity contribution >= 4 is 0 Å². The average Bonchev–Trinajstić information content (AvgIpc) is 2.89. The van der Waals surface area contributed by atoms with Crippen molar-refractivity contribution in [2.75, 3.05) is 6.54 Å². The van der Waals surface area contributed by atoms with Crippen LogP contribution < -0.4 is 5.32 Å². The van der Waals surface area contributed by atoms with Gasteiger partial charge in [-0.25, -0.2) is 0 Å². The summed E-state index contributed by atoms with van der Waals surface area (Å²) >= 11 is 0. The number of hydrogen-bond acceptors (Lipinski definition) is 4. The molecule has 0 fully saturated rings. The zero-order valence-electron chi connectivity index (χ0n) is 12.1. The van der Waals surface area contributed by atoms with Crippen LogP contribution in [0.2, 0.25) is 0 Å². The summed E-state index contributed by atoms with van der Waals surface area (Å²) in [6.07, 6.45) is 2.86. The topological polar surface area (TPSA) is 60.6 Å². The molecule has 0 unspecified atom stereocenters. The smallest absolute Gasteiger partial charge is 0.154 e. The third-order valence-corrected chi connectivity index (χ3v) is 3.36. The Bertz CT molecular complexity index is 539. The summed E-state index contributed by atoms with van der Waals surface area (Å²) in [5.41, 5.74) is 3.57. The number of rotatable bonds is 6. The fourth-order valence-electron chi connectivity index (χ4n) is 2.12. The number of aromatic nitrogens is 5. The van der Waals surface area contributed by atoms with Gasteiger partial charge < -0.3 is 9.88 Å². The molecule has 19 heavy (non-hydrogen) atoms. The summed E-state index contributed by atoms with van der Waals surface area (Å²) in [4.78, 5) is 0. The maximum absolute atomic E-state index is 4.60. The molecule has 104 valence electrons. The minimum absolute atomic E-state index is 0.664. The van der Waals surface area contributed by atoms with E-state index in [1.807, 2.05) is 16.3 Å². The lowest BCUT2D eigenvalue weighted by Crippen LogP contribution is -2.15. The van der Waals surface area contributed by atoms with Crippen LogP contribution in [0.5, 0.6) is 0 Å². The summed E-state index contributed by atoms with van der Waals surface area (Å²) < 4.78 is 3.92. The summed E-state index contributed by atoms with van der Waals surface area (Å²) in [7, 11) is 1.95. The number of nitrogens with zero attached hydrogens (tertiary/aromatic N) is 5. The highest BCUT2D eigenvalue weighted by Gasteiger charge is 2.12. The van der Waals surface area contributed by atoms with Crippen molar-refractivity contribution in [1.82, 2.24) is 29.9 Å². The molecule has 0 aliphatic rings. The van der Waals surface area contributed by atoms with Gasteiger partial charge in [0.2, 0.25) is 0 Å². The molecule has 0 amide bonds. The first-order valence-corrected chi connectivity index (χ1v) is 6.70. The average molecular weight is 262 g/mol. The summed E-state index contributed by atoms with van der Waals surface area (Å²) in [5.74, 6) is 0.915. The molecule has 2 aromatic rings. The maximum atomic E-state index is 4.60. The molecule has 0 saturated carbocycles. The zero-order valence-corrected chi connectivity index (χ0v) is 12.1. The molecule has 2 rings (SSSR count). The minimum Gasteiger partial charge on any atom is -0.319 e. The summed E-state index contributed by atoms with van der Waals surface area (Å²) in [6, 6.07) is 0. The third-order valence-electron chi connectivity index (χ3n) is 3.36. The van der Waals surface area contributed by atoms with Gasteiger partial charge in [-0.15, -0.1) is 10.2 Å². The van der Waals surface area contributed by atoms with E-state index in [1.165, 1.54) is 11.3 Å². The Balaban J connectivity index is 2.14. The lowest BCUT2D eigenvalue weighted by molar-refractivity contribution is 0.608. The minimum atomic E-state index is 0.664. The molecule has 0 aliphatic heterocycles. The van der Waals surface area contributed by atoms with Gasteiger partial charge in [-0.3, -0.25) is 4.68 Å². The van der Waals surface area contributed by atoms with Crippen molar-refractivity contribution in [3.63, 3.8) is 0 Å². The second kappa shape index (κ2) is 5.97. The van der Waals surface area contributed by atoms with Gasteiger partial charge in [0, 0.05) is 24.8 Å². The van der Waals surface area contributed by atoms with Gasteiger partial charge in [-0.2, -0.15) is 5.10 Å². The number of hydrogen-bond donors (Lipinski definition) is 1. The predicted octanol–water partition coefficient (Wildman–Crippen LogP) is 1.18. The maximum Gasteiger partial charge on any atom is 0.154 e. The molecule has 0 atom stereocenters. The van der Waals surface area contributed by atoms with Crippen LogP contribution in [0, 0.1) is 13.8 Å². The van der Waals surface area contributed by atoms with Crippen LogP contribution in [0.3, 0.4) is 0 Å². The standard InChI is InChI=1S/C13H22N6/c1-5-6-14-7-12-10(2)17-19(11(12)3)8-13-16-15-9-18(13)4/h9,14H,5-8H2,1-4H3. The Hall–Kier alpha value is -1.69. The molecule has 0 saturated heterocycles. The fraction of sp³-hybridized carbons (Fsp3) is 0.615. The van der Waals surface area contributed by atoms with Crippen molar-refractivity contribution in [3.05, 3.63) is 29.1 Å². The summed E-state index contributed by atoms with van der Waals surface area (Å²) in [5, 5.41) is 16.0. The van der Waals surface area contributed by atoms with Crippen LogP contribution in [0.1, 0.15) is 36.1 Å². The quantitative estimate of drug-likeness (QED) is 0.794. The third kappa shape index (κ3) is 3.01. The predicted molar refractivity (Wildman–Crippen MR) is 73.8 cm³/mol. The highest BCUT2D eigenvalue weighted by Crippen LogP contribution is 2.13. The fourth-order valence-corrected chi connectivity index (χ4v) is 2.12. The van der Waals surface area contributed by atoms with Crippen molar-refractivity contribution in [3.8, 4) is 0 Å². The molecule has 0 aromatic carbocycles. The van der Waals surface area contributed by atoms with Crippen LogP contribution in [0.15, 0.2) is 6.33 Å². The largest absolute Gasteiger partial charge is 0.319 e. The van der Waals surface area contributed by atoms with Crippen molar-refractivity contribution < 1.29 is 0 Å². The molecule has 0 radical (unpaired) electrons. The zero-order chi connectivity index (χ0) is 13.8. The Morgan fingerprint density at radius 2 is 2.11 bits per heavy atom. The van der Waals surface area contributed by atoms with Crippen molar-refractivity contribution in [1.29, 1.82) is 0 Å². The molecule has 1 N–H and O–H groups in total. The Kier molecular flexibility index (Phi) is 4.31. The van der Waals surface area contributed by atoms with E-state index in [4.69, 9.17) is 0 Å². The lowest BCUT2D eigenvalue weighted by Gasteiger charge is -2.06. The van der Waals surface area contributed by atoms with Crippen molar-refractivity contribution in [2.24, 2.45) is 7.05 Å². The van der Waals surface area contributed by atoms with E-state index in [0.717, 1.165) is 31.0 Å². The van der Waals surface area contributed by atoms with Gasteiger partial charge in [0.05, 0.1) is 5.69 Å². The van der Waals surface area contributed by atoms with Crippen molar-refractivity contribution in [2.45, 2.75) is 40.3 Å². The molecular weight excluding hydrogens is 240 g/mol. The first-order chi connectivity index (χ1) is 9.13. The van der Waals surface area contributed by atoms with Gasteiger partial charge in [0.1, 0.15) is 12.9 Å². The monoisotopic (exact) mass is 262 g/mol. The van der Waals surface area contributed by atoms with Crippen LogP contribution in [0.4, 0.5) is 0 Å². The van der Waals surface area contributed by atoms with Crippen LogP contribution in [-0.2, 0) is 20.1 Å². The Labute approximate surface area is 113 Å². The molecule has 0 aliphatic carbocycles. The van der Waals surface area contributed by atoms with Gasteiger partial charge in [-0.05, 0) is 26.8 Å². The Morgan fingerprint density at radius 1 is 1.32 bits per heavy atom. The van der Waals surface area contributed by atoms with E-state index in [9.17, 15) is 0 Å². The molecule has 0 spiro atoms. The van der Waals surface area contributed by atoms with Gasteiger partial charge in [0.25, 0.3) is 0 Å². The van der Waals surface area contributed by atoms with E-state index in [0.29, 0.717) is 6.54 Å². The van der Waals surface area contributed by atoms with Crippen LogP contribution in [-0.4, -0.2) is 31.1 Å². The second-order valence-electron chi connectivity index (χ2n) is 4.84. The van der Waals surface area contributed by atoms with Crippen LogP contribution >= 0.6 is 0 Å². The van der Waals surface area contributed by atoms with Gasteiger partial charge >= 0.3 is 0 Å². The molecule has 2 aromatic heterocycles. The van der Waals surface area contributed by atoms with Crippen LogP contribution in [0.25, 0.3) is 0 Å². The highest BCUT2D eigenvalue weighted by atomic mass is 15.3. The Morgan fingerprint density at radius 3 is 2.74 bits per heavy atom. The van der Waals surface area contributed by atoms with E-state index >= 15 is 0 Å². The van der Waals surface area contributed by atoms with E-state index < -0.39 is 0 Å². The molecule has 0 bridgehead atoms. The van der Waals surface area contributed by atoms with E-state index in [2.05, 4.69) is 41.4 Å². The molecule has 6 heteroatoms. The highest BCUT2D eigenvalue weighted by molar-refractivity contribution is 5.24. The van der Waals surface area contributed by atoms with Gasteiger partial charge in [0.15, 0.2) is 5.82 Å². The van der Waals surface area contributed by atoms with E-state index in [1.54, 1.807) is 6.33 Å². The molecule has 6 nitrogen and oxygen atoms in total. The number of aryl methyl sites for hydroxylation is 2. The molecule has 2 heterocycles. The normalized spacial score (nSPS) is 11.2. The lowest BCUT2D eigenvalue weighted by atomic mass is 10.2. The SMILES string of the molecule is CCCNCc1c(C)nn(Cc2nncn2C)c1C. The summed E-state index contributed by atoms with van der Waals surface area (Å²) in [6.45, 7) is 8.92. The van der Waals surface area contributed by atoms with Gasteiger partial charge in [-0.1, -0.05) is 6.92 Å².